The van der Waals surface area contributed by atoms with Gasteiger partial charge in [-0.3, -0.25) is 4.79 Å². The first-order valence-corrected chi connectivity index (χ1v) is 7.99. The van der Waals surface area contributed by atoms with Crippen molar-refractivity contribution in [2.75, 3.05) is 5.32 Å². The third-order valence-corrected chi connectivity index (χ3v) is 4.12. The fourth-order valence-electron chi connectivity index (χ4n) is 2.11. The molecular weight excluding hydrogens is 315 g/mol. The van der Waals surface area contributed by atoms with E-state index < -0.39 is 0 Å². The third kappa shape index (κ3) is 3.29. The number of carbonyl (C=O) groups is 1. The van der Waals surface area contributed by atoms with E-state index in [1.807, 2.05) is 13.8 Å². The highest BCUT2D eigenvalue weighted by Gasteiger charge is 2.15. The van der Waals surface area contributed by atoms with Gasteiger partial charge in [0.15, 0.2) is 0 Å². The minimum absolute atomic E-state index is 0.144. The summed E-state index contributed by atoms with van der Waals surface area (Å²) in [4.78, 5) is 16.6. The lowest BCUT2D eigenvalue weighted by molar-refractivity contribution is 0.102. The Balaban J connectivity index is 1.78. The number of hydrogen-bond donors (Lipinski definition) is 1. The van der Waals surface area contributed by atoms with E-state index in [0.717, 1.165) is 5.56 Å². The first-order chi connectivity index (χ1) is 11.0. The van der Waals surface area contributed by atoms with Gasteiger partial charge in [-0.05, 0) is 38.1 Å². The number of benzene rings is 1. The van der Waals surface area contributed by atoms with Gasteiger partial charge in [0.2, 0.25) is 0 Å². The highest BCUT2D eigenvalue weighted by Crippen LogP contribution is 2.24. The Morgan fingerprint density at radius 1 is 1.26 bits per heavy atom. The summed E-state index contributed by atoms with van der Waals surface area (Å²) in [5.41, 5.74) is 1.11. The SMILES string of the molecule is CC(C)n1nccc1NC(=O)c1csc(-c2ccc(F)cc2)n1. The van der Waals surface area contributed by atoms with Gasteiger partial charge in [0.05, 0.1) is 6.20 Å². The van der Waals surface area contributed by atoms with Gasteiger partial charge in [-0.1, -0.05) is 0 Å². The number of carbonyl (C=O) groups excluding carboxylic acids is 1. The minimum atomic E-state index is -0.301. The summed E-state index contributed by atoms with van der Waals surface area (Å²) in [6, 6.07) is 7.92. The van der Waals surface area contributed by atoms with Crippen LogP contribution in [0.4, 0.5) is 10.2 Å². The predicted molar refractivity (Wildman–Crippen MR) is 88.1 cm³/mol. The number of nitrogens with one attached hydrogen (secondary N) is 1. The number of aromatic nitrogens is 3. The maximum absolute atomic E-state index is 13.0. The molecule has 0 atom stereocenters. The Kier molecular flexibility index (Phi) is 4.20. The fourth-order valence-corrected chi connectivity index (χ4v) is 2.91. The lowest BCUT2D eigenvalue weighted by atomic mass is 10.2. The first-order valence-electron chi connectivity index (χ1n) is 7.11. The summed E-state index contributed by atoms with van der Waals surface area (Å²) in [7, 11) is 0. The Bertz CT molecular complexity index is 823. The van der Waals surface area contributed by atoms with Crippen LogP contribution in [0.15, 0.2) is 41.9 Å². The molecule has 2 aromatic heterocycles. The largest absolute Gasteiger partial charge is 0.305 e. The molecule has 7 heteroatoms. The van der Waals surface area contributed by atoms with Crippen LogP contribution in [0, 0.1) is 5.82 Å². The molecular formula is C16H15FN4OS. The zero-order valence-electron chi connectivity index (χ0n) is 12.7. The lowest BCUT2D eigenvalue weighted by Gasteiger charge is -2.10. The maximum Gasteiger partial charge on any atom is 0.276 e. The van der Waals surface area contributed by atoms with E-state index in [1.165, 1.54) is 23.5 Å². The van der Waals surface area contributed by atoms with Crippen molar-refractivity contribution in [1.29, 1.82) is 0 Å². The molecule has 0 saturated heterocycles. The van der Waals surface area contributed by atoms with Gasteiger partial charge in [-0.15, -0.1) is 11.3 Å². The van der Waals surface area contributed by atoms with E-state index in [1.54, 1.807) is 34.5 Å². The molecule has 3 aromatic rings. The second-order valence-corrected chi connectivity index (χ2v) is 6.11. The Morgan fingerprint density at radius 3 is 2.70 bits per heavy atom. The van der Waals surface area contributed by atoms with Gasteiger partial charge in [0.25, 0.3) is 5.91 Å². The van der Waals surface area contributed by atoms with Crippen LogP contribution in [0.3, 0.4) is 0 Å². The van der Waals surface area contributed by atoms with Crippen molar-refractivity contribution in [3.63, 3.8) is 0 Å². The molecule has 118 valence electrons. The molecule has 1 amide bonds. The van der Waals surface area contributed by atoms with Crippen molar-refractivity contribution in [2.45, 2.75) is 19.9 Å². The Hall–Kier alpha value is -2.54. The summed E-state index contributed by atoms with van der Waals surface area (Å²) in [5.74, 6) is 0.0311. The van der Waals surface area contributed by atoms with Crippen LogP contribution in [-0.2, 0) is 0 Å². The number of nitrogens with zero attached hydrogens (tertiary/aromatic N) is 3. The fraction of sp³-hybridized carbons (Fsp3) is 0.188. The van der Waals surface area contributed by atoms with Crippen LogP contribution in [0.2, 0.25) is 0 Å². The molecule has 0 bridgehead atoms. The quantitative estimate of drug-likeness (QED) is 0.787. The molecule has 5 nitrogen and oxygen atoms in total. The second-order valence-electron chi connectivity index (χ2n) is 5.25. The maximum atomic E-state index is 13.0. The number of halogens is 1. The average Bonchev–Trinajstić information content (AvgIpc) is 3.16. The van der Waals surface area contributed by atoms with E-state index in [4.69, 9.17) is 0 Å². The van der Waals surface area contributed by atoms with Gasteiger partial charge in [-0.25, -0.2) is 14.1 Å². The second kappa shape index (κ2) is 6.29. The van der Waals surface area contributed by atoms with Crippen LogP contribution in [-0.4, -0.2) is 20.7 Å². The van der Waals surface area contributed by atoms with Crippen LogP contribution in [0.1, 0.15) is 30.4 Å². The summed E-state index contributed by atoms with van der Waals surface area (Å²) in [6.07, 6.45) is 1.64. The number of rotatable bonds is 4. The number of hydrogen-bond acceptors (Lipinski definition) is 4. The van der Waals surface area contributed by atoms with Crippen LogP contribution in [0.25, 0.3) is 10.6 Å². The summed E-state index contributed by atoms with van der Waals surface area (Å²) >= 11 is 1.34. The van der Waals surface area contributed by atoms with Crippen molar-refractivity contribution in [3.8, 4) is 10.6 Å². The van der Waals surface area contributed by atoms with Crippen LogP contribution >= 0.6 is 11.3 Å². The van der Waals surface area contributed by atoms with E-state index >= 15 is 0 Å². The van der Waals surface area contributed by atoms with Crippen LogP contribution < -0.4 is 5.32 Å². The van der Waals surface area contributed by atoms with Gasteiger partial charge in [0.1, 0.15) is 22.3 Å². The van der Waals surface area contributed by atoms with Crippen molar-refractivity contribution in [1.82, 2.24) is 14.8 Å². The normalized spacial score (nSPS) is 11.0. The molecule has 23 heavy (non-hydrogen) atoms. The van der Waals surface area contributed by atoms with E-state index in [0.29, 0.717) is 16.5 Å². The molecule has 1 aromatic carbocycles. The Labute approximate surface area is 136 Å². The number of anilines is 1. The summed E-state index contributed by atoms with van der Waals surface area (Å²) in [5, 5.41) is 9.34. The zero-order valence-corrected chi connectivity index (χ0v) is 13.5. The summed E-state index contributed by atoms with van der Waals surface area (Å²) in [6.45, 7) is 3.97. The Morgan fingerprint density at radius 2 is 2.00 bits per heavy atom. The van der Waals surface area contributed by atoms with Crippen LogP contribution in [0.5, 0.6) is 0 Å². The third-order valence-electron chi connectivity index (χ3n) is 3.23. The smallest absolute Gasteiger partial charge is 0.276 e. The van der Waals surface area contributed by atoms with E-state index in [2.05, 4.69) is 15.4 Å². The topological polar surface area (TPSA) is 59.8 Å². The summed E-state index contributed by atoms with van der Waals surface area (Å²) < 4.78 is 14.7. The lowest BCUT2D eigenvalue weighted by Crippen LogP contribution is -2.17. The molecule has 0 spiro atoms. The molecule has 0 saturated carbocycles. The molecule has 0 aliphatic heterocycles. The van der Waals surface area contributed by atoms with E-state index in [9.17, 15) is 9.18 Å². The monoisotopic (exact) mass is 330 g/mol. The predicted octanol–water partition coefficient (Wildman–Crippen LogP) is 3.98. The molecule has 0 aliphatic carbocycles. The molecule has 0 aliphatic rings. The molecule has 0 unspecified atom stereocenters. The van der Waals surface area contributed by atoms with Crippen molar-refractivity contribution in [2.24, 2.45) is 0 Å². The number of thiazole rings is 1. The van der Waals surface area contributed by atoms with Gasteiger partial charge < -0.3 is 5.32 Å². The van der Waals surface area contributed by atoms with E-state index in [-0.39, 0.29) is 17.8 Å². The number of amides is 1. The van der Waals surface area contributed by atoms with Crippen molar-refractivity contribution in [3.05, 3.63) is 53.4 Å². The molecule has 0 radical (unpaired) electrons. The zero-order chi connectivity index (χ0) is 16.4. The van der Waals surface area contributed by atoms with Gasteiger partial charge in [-0.2, -0.15) is 5.10 Å². The minimum Gasteiger partial charge on any atom is -0.305 e. The standard InChI is InChI=1S/C16H15FN4OS/c1-10(2)21-14(7-8-18-21)20-15(22)13-9-23-16(19-13)11-3-5-12(17)6-4-11/h3-10H,1-2H3,(H,20,22). The molecule has 0 fully saturated rings. The molecule has 3 rings (SSSR count). The van der Waals surface area contributed by atoms with Gasteiger partial charge >= 0.3 is 0 Å². The first kappa shape index (κ1) is 15.4. The highest BCUT2D eigenvalue weighted by atomic mass is 32.1. The molecule has 1 N–H and O–H groups in total. The molecule has 2 heterocycles. The average molecular weight is 330 g/mol. The highest BCUT2D eigenvalue weighted by molar-refractivity contribution is 7.13. The van der Waals surface area contributed by atoms with Crippen molar-refractivity contribution < 1.29 is 9.18 Å². The van der Waals surface area contributed by atoms with Gasteiger partial charge in [0, 0.05) is 23.1 Å². The van der Waals surface area contributed by atoms with Crippen molar-refractivity contribution >= 4 is 23.1 Å².